The summed E-state index contributed by atoms with van der Waals surface area (Å²) in [5.74, 6) is -0.724. The number of amides is 1. The zero-order chi connectivity index (χ0) is 16.6. The largest absolute Gasteiger partial charge is 0.464 e. The zero-order valence-electron chi connectivity index (χ0n) is 13.2. The summed E-state index contributed by atoms with van der Waals surface area (Å²) in [5, 5.41) is 9.96. The lowest BCUT2D eigenvalue weighted by molar-refractivity contribution is -0.152. The number of ether oxygens (including phenoxy) is 2. The Labute approximate surface area is 126 Å². The Morgan fingerprint density at radius 1 is 1.33 bits per heavy atom. The van der Waals surface area contributed by atoms with Crippen molar-refractivity contribution in [1.82, 2.24) is 4.90 Å². The monoisotopic (exact) mass is 299 g/mol. The molecule has 21 heavy (non-hydrogen) atoms. The van der Waals surface area contributed by atoms with Gasteiger partial charge in [-0.25, -0.2) is 9.59 Å². The summed E-state index contributed by atoms with van der Waals surface area (Å²) in [6.45, 7) is 13.9. The molecule has 0 aromatic rings. The fourth-order valence-electron chi connectivity index (χ4n) is 1.57. The number of aliphatic hydroxyl groups is 1. The molecule has 0 spiro atoms. The third kappa shape index (κ3) is 6.44. The van der Waals surface area contributed by atoms with Crippen LogP contribution in [0.15, 0.2) is 25.3 Å². The van der Waals surface area contributed by atoms with E-state index < -0.39 is 29.8 Å². The maximum Gasteiger partial charge on any atom is 0.411 e. The SMILES string of the molecule is C=CCN(C(=O)OC(C)(C)C)C(C(=O)OCC)C(O)C=C. The van der Waals surface area contributed by atoms with E-state index in [1.165, 1.54) is 12.2 Å². The summed E-state index contributed by atoms with van der Waals surface area (Å²) in [7, 11) is 0. The van der Waals surface area contributed by atoms with Gasteiger partial charge in [-0.3, -0.25) is 4.90 Å². The molecule has 2 atom stereocenters. The van der Waals surface area contributed by atoms with Gasteiger partial charge in [0.05, 0.1) is 6.61 Å². The van der Waals surface area contributed by atoms with E-state index in [2.05, 4.69) is 13.2 Å². The van der Waals surface area contributed by atoms with Crippen molar-refractivity contribution in [3.63, 3.8) is 0 Å². The fourth-order valence-corrected chi connectivity index (χ4v) is 1.57. The molecule has 0 radical (unpaired) electrons. The predicted molar refractivity (Wildman–Crippen MR) is 79.8 cm³/mol. The highest BCUT2D eigenvalue weighted by Gasteiger charge is 2.37. The molecule has 0 saturated carbocycles. The molecule has 1 N–H and O–H groups in total. The van der Waals surface area contributed by atoms with E-state index in [-0.39, 0.29) is 13.2 Å². The molecule has 0 aromatic carbocycles. The molecule has 120 valence electrons. The van der Waals surface area contributed by atoms with Crippen molar-refractivity contribution in [1.29, 1.82) is 0 Å². The van der Waals surface area contributed by atoms with E-state index in [0.29, 0.717) is 0 Å². The van der Waals surface area contributed by atoms with Gasteiger partial charge in [-0.05, 0) is 27.7 Å². The Balaban J connectivity index is 5.40. The number of carbonyl (C=O) groups excluding carboxylic acids is 2. The van der Waals surface area contributed by atoms with Crippen LogP contribution in [0.5, 0.6) is 0 Å². The summed E-state index contributed by atoms with van der Waals surface area (Å²) in [5.41, 5.74) is -0.727. The minimum absolute atomic E-state index is 0.0310. The van der Waals surface area contributed by atoms with Crippen molar-refractivity contribution in [2.45, 2.75) is 45.4 Å². The van der Waals surface area contributed by atoms with Gasteiger partial charge in [-0.15, -0.1) is 13.2 Å². The first-order chi connectivity index (χ1) is 9.67. The standard InChI is InChI=1S/C15H25NO5/c1-7-10-16(14(19)21-15(4,5)6)12(11(17)8-2)13(18)20-9-3/h7-8,11-12,17H,1-2,9-10H2,3-6H3. The molecule has 6 heteroatoms. The zero-order valence-corrected chi connectivity index (χ0v) is 13.2. The van der Waals surface area contributed by atoms with E-state index in [9.17, 15) is 14.7 Å². The van der Waals surface area contributed by atoms with Crippen molar-refractivity contribution in [2.24, 2.45) is 0 Å². The second kappa shape index (κ2) is 8.46. The normalized spacial score (nSPS) is 13.8. The van der Waals surface area contributed by atoms with Gasteiger partial charge in [0.1, 0.15) is 11.7 Å². The van der Waals surface area contributed by atoms with E-state index >= 15 is 0 Å². The smallest absolute Gasteiger partial charge is 0.411 e. The van der Waals surface area contributed by atoms with Crippen LogP contribution >= 0.6 is 0 Å². The molecule has 2 unspecified atom stereocenters. The molecule has 0 aliphatic heterocycles. The summed E-state index contributed by atoms with van der Waals surface area (Å²) in [4.78, 5) is 25.3. The molecular weight excluding hydrogens is 274 g/mol. The number of hydrogen-bond donors (Lipinski definition) is 1. The highest BCUT2D eigenvalue weighted by molar-refractivity contribution is 5.82. The van der Waals surface area contributed by atoms with E-state index in [4.69, 9.17) is 9.47 Å². The predicted octanol–water partition coefficient (Wildman–Crippen LogP) is 1.89. The first kappa shape index (κ1) is 19.2. The molecule has 0 rings (SSSR count). The lowest BCUT2D eigenvalue weighted by Gasteiger charge is -2.33. The number of rotatable bonds is 7. The van der Waals surface area contributed by atoms with Crippen molar-refractivity contribution < 1.29 is 24.2 Å². The summed E-state index contributed by atoms with van der Waals surface area (Å²) in [6.07, 6.45) is 0.603. The summed E-state index contributed by atoms with van der Waals surface area (Å²) < 4.78 is 10.1. The second-order valence-electron chi connectivity index (χ2n) is 5.34. The van der Waals surface area contributed by atoms with E-state index in [1.54, 1.807) is 27.7 Å². The van der Waals surface area contributed by atoms with E-state index in [1.807, 2.05) is 0 Å². The summed E-state index contributed by atoms with van der Waals surface area (Å²) in [6, 6.07) is -1.23. The molecular formula is C15H25NO5. The maximum absolute atomic E-state index is 12.2. The summed E-state index contributed by atoms with van der Waals surface area (Å²) >= 11 is 0. The van der Waals surface area contributed by atoms with Crippen LogP contribution in [0.3, 0.4) is 0 Å². The molecule has 6 nitrogen and oxygen atoms in total. The van der Waals surface area contributed by atoms with Crippen LogP contribution in [-0.4, -0.2) is 53.0 Å². The van der Waals surface area contributed by atoms with Crippen molar-refractivity contribution >= 4 is 12.1 Å². The minimum Gasteiger partial charge on any atom is -0.464 e. The van der Waals surface area contributed by atoms with Gasteiger partial charge in [0, 0.05) is 6.54 Å². The molecule has 0 aliphatic rings. The Morgan fingerprint density at radius 2 is 1.90 bits per heavy atom. The van der Waals surface area contributed by atoms with Crippen LogP contribution in [0.1, 0.15) is 27.7 Å². The highest BCUT2D eigenvalue weighted by Crippen LogP contribution is 2.15. The Kier molecular flexibility index (Phi) is 7.73. The van der Waals surface area contributed by atoms with Crippen LogP contribution in [0, 0.1) is 0 Å². The quantitative estimate of drug-likeness (QED) is 0.574. The third-order valence-electron chi connectivity index (χ3n) is 2.38. The van der Waals surface area contributed by atoms with Gasteiger partial charge in [0.2, 0.25) is 0 Å². The van der Waals surface area contributed by atoms with Crippen LogP contribution in [-0.2, 0) is 14.3 Å². The maximum atomic E-state index is 12.2. The van der Waals surface area contributed by atoms with E-state index in [0.717, 1.165) is 4.90 Å². The highest BCUT2D eigenvalue weighted by atomic mass is 16.6. The lowest BCUT2D eigenvalue weighted by atomic mass is 10.1. The first-order valence-corrected chi connectivity index (χ1v) is 6.75. The molecule has 0 bridgehead atoms. The van der Waals surface area contributed by atoms with Crippen LogP contribution in [0.2, 0.25) is 0 Å². The third-order valence-corrected chi connectivity index (χ3v) is 2.38. The average Bonchev–Trinajstić information content (AvgIpc) is 2.36. The molecule has 0 heterocycles. The lowest BCUT2D eigenvalue weighted by Crippen LogP contribution is -2.53. The molecule has 0 aromatic heterocycles. The fraction of sp³-hybridized carbons (Fsp3) is 0.600. The van der Waals surface area contributed by atoms with Gasteiger partial charge in [0.15, 0.2) is 6.04 Å². The van der Waals surface area contributed by atoms with Gasteiger partial charge < -0.3 is 14.6 Å². The number of carbonyl (C=O) groups is 2. The topological polar surface area (TPSA) is 76.1 Å². The van der Waals surface area contributed by atoms with Gasteiger partial charge in [-0.2, -0.15) is 0 Å². The second-order valence-corrected chi connectivity index (χ2v) is 5.34. The molecule has 0 fully saturated rings. The molecule has 1 amide bonds. The number of hydrogen-bond acceptors (Lipinski definition) is 5. The number of esters is 1. The van der Waals surface area contributed by atoms with Crippen LogP contribution < -0.4 is 0 Å². The Hall–Kier alpha value is -1.82. The number of nitrogens with zero attached hydrogens (tertiary/aromatic N) is 1. The Bertz CT molecular complexity index is 386. The number of aliphatic hydroxyl groups excluding tert-OH is 1. The molecule has 0 aliphatic carbocycles. The Morgan fingerprint density at radius 3 is 2.29 bits per heavy atom. The van der Waals surface area contributed by atoms with Gasteiger partial charge >= 0.3 is 12.1 Å². The van der Waals surface area contributed by atoms with Crippen molar-refractivity contribution in [3.05, 3.63) is 25.3 Å². The molecule has 0 saturated heterocycles. The van der Waals surface area contributed by atoms with Crippen molar-refractivity contribution in [3.8, 4) is 0 Å². The van der Waals surface area contributed by atoms with Gasteiger partial charge in [-0.1, -0.05) is 12.2 Å². The average molecular weight is 299 g/mol. The van der Waals surface area contributed by atoms with Crippen LogP contribution in [0.4, 0.5) is 4.79 Å². The van der Waals surface area contributed by atoms with Crippen LogP contribution in [0.25, 0.3) is 0 Å². The van der Waals surface area contributed by atoms with Gasteiger partial charge in [0.25, 0.3) is 0 Å². The van der Waals surface area contributed by atoms with Crippen molar-refractivity contribution in [2.75, 3.05) is 13.2 Å². The first-order valence-electron chi connectivity index (χ1n) is 6.75. The minimum atomic E-state index is -1.27.